The molecule has 1 saturated carbocycles. The zero-order valence-corrected chi connectivity index (χ0v) is 12.8. The predicted molar refractivity (Wildman–Crippen MR) is 80.4 cm³/mol. The van der Waals surface area contributed by atoms with Gasteiger partial charge in [-0.25, -0.2) is 0 Å². The van der Waals surface area contributed by atoms with Crippen LogP contribution in [-0.4, -0.2) is 17.9 Å². The topological polar surface area (TPSA) is 58.2 Å². The smallest absolute Gasteiger partial charge is 0.222 e. The van der Waals surface area contributed by atoms with Crippen molar-refractivity contribution < 1.29 is 9.59 Å². The molecule has 1 aliphatic rings. The van der Waals surface area contributed by atoms with Crippen LogP contribution in [0.5, 0.6) is 0 Å². The second kappa shape index (κ2) is 6.88. The van der Waals surface area contributed by atoms with Gasteiger partial charge in [-0.1, -0.05) is 13.0 Å². The summed E-state index contributed by atoms with van der Waals surface area (Å²) in [5.74, 6) is 0.616. The summed E-state index contributed by atoms with van der Waals surface area (Å²) >= 11 is 1.56. The largest absolute Gasteiger partial charge is 0.353 e. The Labute approximate surface area is 124 Å². The molecule has 0 aliphatic heterocycles. The zero-order chi connectivity index (χ0) is 14.5. The maximum atomic E-state index is 12.1. The van der Waals surface area contributed by atoms with Gasteiger partial charge in [0.15, 0.2) is 0 Å². The van der Waals surface area contributed by atoms with Crippen molar-refractivity contribution in [3.8, 4) is 0 Å². The molecule has 2 rings (SSSR count). The van der Waals surface area contributed by atoms with E-state index in [0.717, 1.165) is 17.7 Å². The number of amides is 2. The van der Waals surface area contributed by atoms with E-state index in [0.29, 0.717) is 18.4 Å². The fourth-order valence-corrected chi connectivity index (χ4v) is 3.55. The first-order valence-corrected chi connectivity index (χ1v) is 8.02. The Hall–Kier alpha value is -1.36. The minimum absolute atomic E-state index is 0.0243. The lowest BCUT2D eigenvalue weighted by Crippen LogP contribution is -2.36. The first-order valence-electron chi connectivity index (χ1n) is 7.14. The predicted octanol–water partition coefficient (Wildman–Crippen LogP) is 2.62. The number of rotatable bonds is 5. The summed E-state index contributed by atoms with van der Waals surface area (Å²) in [7, 11) is 0. The van der Waals surface area contributed by atoms with E-state index < -0.39 is 0 Å². The molecule has 20 heavy (non-hydrogen) atoms. The highest BCUT2D eigenvalue weighted by Gasteiger charge is 2.24. The Morgan fingerprint density at radius 1 is 1.45 bits per heavy atom. The van der Waals surface area contributed by atoms with Crippen molar-refractivity contribution in [2.24, 2.45) is 5.92 Å². The SMILES string of the molecule is CC(=O)NC(CC(=O)NC1CCC(C)C1)c1cccs1. The molecular formula is C15H22N2O2S. The number of carbonyl (C=O) groups is 2. The average Bonchev–Trinajstić information content (AvgIpc) is 2.99. The molecule has 1 aromatic rings. The van der Waals surface area contributed by atoms with E-state index in [-0.39, 0.29) is 17.9 Å². The maximum Gasteiger partial charge on any atom is 0.222 e. The van der Waals surface area contributed by atoms with Gasteiger partial charge in [0.2, 0.25) is 11.8 Å². The maximum absolute atomic E-state index is 12.1. The summed E-state index contributed by atoms with van der Waals surface area (Å²) < 4.78 is 0. The molecule has 2 N–H and O–H groups in total. The Morgan fingerprint density at radius 2 is 2.25 bits per heavy atom. The van der Waals surface area contributed by atoms with E-state index in [1.807, 2.05) is 17.5 Å². The first kappa shape index (κ1) is 15.0. The second-order valence-corrected chi connectivity index (χ2v) is 6.63. The molecule has 1 aliphatic carbocycles. The van der Waals surface area contributed by atoms with E-state index in [9.17, 15) is 9.59 Å². The van der Waals surface area contributed by atoms with Gasteiger partial charge in [0, 0.05) is 17.8 Å². The van der Waals surface area contributed by atoms with Gasteiger partial charge >= 0.3 is 0 Å². The van der Waals surface area contributed by atoms with Gasteiger partial charge in [-0.05, 0) is 36.6 Å². The third-order valence-corrected chi connectivity index (χ3v) is 4.70. The summed E-state index contributed by atoms with van der Waals surface area (Å²) in [4.78, 5) is 24.4. The van der Waals surface area contributed by atoms with Gasteiger partial charge in [-0.2, -0.15) is 0 Å². The molecule has 1 fully saturated rings. The molecule has 0 aromatic carbocycles. The van der Waals surface area contributed by atoms with Gasteiger partial charge < -0.3 is 10.6 Å². The molecule has 0 radical (unpaired) electrons. The number of hydrogen-bond donors (Lipinski definition) is 2. The van der Waals surface area contributed by atoms with Gasteiger partial charge in [-0.3, -0.25) is 9.59 Å². The van der Waals surface area contributed by atoms with Crippen molar-refractivity contribution in [3.05, 3.63) is 22.4 Å². The third-order valence-electron chi connectivity index (χ3n) is 3.71. The minimum atomic E-state index is -0.216. The molecule has 4 nitrogen and oxygen atoms in total. The molecule has 0 saturated heterocycles. The van der Waals surface area contributed by atoms with Crippen molar-refractivity contribution in [2.45, 2.75) is 51.6 Å². The van der Waals surface area contributed by atoms with Crippen LogP contribution in [0.4, 0.5) is 0 Å². The molecule has 2 amide bonds. The van der Waals surface area contributed by atoms with Crippen molar-refractivity contribution in [1.29, 1.82) is 0 Å². The van der Waals surface area contributed by atoms with E-state index in [4.69, 9.17) is 0 Å². The molecule has 3 atom stereocenters. The van der Waals surface area contributed by atoms with Gasteiger partial charge in [0.1, 0.15) is 0 Å². The van der Waals surface area contributed by atoms with Gasteiger partial charge in [-0.15, -0.1) is 11.3 Å². The van der Waals surface area contributed by atoms with E-state index in [1.165, 1.54) is 13.3 Å². The van der Waals surface area contributed by atoms with Crippen LogP contribution in [0.25, 0.3) is 0 Å². The van der Waals surface area contributed by atoms with E-state index >= 15 is 0 Å². The van der Waals surface area contributed by atoms with Crippen LogP contribution in [0.3, 0.4) is 0 Å². The Bertz CT molecular complexity index is 458. The quantitative estimate of drug-likeness (QED) is 0.877. The molecule has 3 unspecified atom stereocenters. The summed E-state index contributed by atoms with van der Waals surface area (Å²) in [6.45, 7) is 3.70. The molecule has 1 heterocycles. The van der Waals surface area contributed by atoms with Crippen LogP contribution < -0.4 is 10.6 Å². The fraction of sp³-hybridized carbons (Fsp3) is 0.600. The molecule has 110 valence electrons. The third kappa shape index (κ3) is 4.34. The molecule has 0 spiro atoms. The zero-order valence-electron chi connectivity index (χ0n) is 12.0. The van der Waals surface area contributed by atoms with Crippen LogP contribution in [0.2, 0.25) is 0 Å². The summed E-state index contributed by atoms with van der Waals surface area (Å²) in [6, 6.07) is 3.98. The lowest BCUT2D eigenvalue weighted by atomic mass is 10.1. The first-order chi connectivity index (χ1) is 9.54. The lowest BCUT2D eigenvalue weighted by Gasteiger charge is -2.18. The molecule has 5 heteroatoms. The van der Waals surface area contributed by atoms with Crippen LogP contribution in [0.1, 0.15) is 50.4 Å². The van der Waals surface area contributed by atoms with Gasteiger partial charge in [0.05, 0.1) is 12.5 Å². The lowest BCUT2D eigenvalue weighted by molar-refractivity contribution is -0.123. The average molecular weight is 294 g/mol. The Morgan fingerprint density at radius 3 is 2.80 bits per heavy atom. The standard InChI is InChI=1S/C15H22N2O2S/c1-10-5-6-12(8-10)17-15(19)9-13(16-11(2)18)14-4-3-7-20-14/h3-4,7,10,12-13H,5-6,8-9H2,1-2H3,(H,16,18)(H,17,19). The van der Waals surface area contributed by atoms with Crippen molar-refractivity contribution in [1.82, 2.24) is 10.6 Å². The Kier molecular flexibility index (Phi) is 5.17. The van der Waals surface area contributed by atoms with E-state index in [1.54, 1.807) is 11.3 Å². The number of hydrogen-bond acceptors (Lipinski definition) is 3. The summed E-state index contributed by atoms with van der Waals surface area (Å²) in [5.41, 5.74) is 0. The molecule has 1 aromatic heterocycles. The fourth-order valence-electron chi connectivity index (χ4n) is 2.77. The van der Waals surface area contributed by atoms with Crippen LogP contribution in [-0.2, 0) is 9.59 Å². The summed E-state index contributed by atoms with van der Waals surface area (Å²) in [6.07, 6.45) is 3.63. The Balaban J connectivity index is 1.90. The summed E-state index contributed by atoms with van der Waals surface area (Å²) in [5, 5.41) is 7.91. The highest BCUT2D eigenvalue weighted by atomic mass is 32.1. The van der Waals surface area contributed by atoms with Crippen LogP contribution in [0, 0.1) is 5.92 Å². The number of thiophene rings is 1. The van der Waals surface area contributed by atoms with E-state index in [2.05, 4.69) is 17.6 Å². The highest BCUT2D eigenvalue weighted by molar-refractivity contribution is 7.10. The molecule has 0 bridgehead atoms. The minimum Gasteiger partial charge on any atom is -0.353 e. The number of carbonyl (C=O) groups excluding carboxylic acids is 2. The van der Waals surface area contributed by atoms with Crippen LogP contribution >= 0.6 is 11.3 Å². The highest BCUT2D eigenvalue weighted by Crippen LogP contribution is 2.26. The second-order valence-electron chi connectivity index (χ2n) is 5.66. The van der Waals surface area contributed by atoms with Crippen LogP contribution in [0.15, 0.2) is 17.5 Å². The van der Waals surface area contributed by atoms with Crippen molar-refractivity contribution in [3.63, 3.8) is 0 Å². The molecular weight excluding hydrogens is 272 g/mol. The number of nitrogens with one attached hydrogen (secondary N) is 2. The monoisotopic (exact) mass is 294 g/mol. The van der Waals surface area contributed by atoms with Crippen molar-refractivity contribution in [2.75, 3.05) is 0 Å². The van der Waals surface area contributed by atoms with Crippen molar-refractivity contribution >= 4 is 23.2 Å². The normalized spacial score (nSPS) is 23.3. The van der Waals surface area contributed by atoms with Gasteiger partial charge in [0.25, 0.3) is 0 Å².